The van der Waals surface area contributed by atoms with E-state index in [4.69, 9.17) is 34.7 Å². The van der Waals surface area contributed by atoms with Crippen molar-refractivity contribution in [1.82, 2.24) is 14.8 Å². The Labute approximate surface area is 316 Å². The minimum absolute atomic E-state index is 0.0158. The van der Waals surface area contributed by atoms with Crippen LogP contribution in [-0.2, 0) is 39.6 Å². The summed E-state index contributed by atoms with van der Waals surface area (Å²) in [6.07, 6.45) is 0.116. The van der Waals surface area contributed by atoms with Gasteiger partial charge in [0, 0.05) is 50.3 Å². The number of nitrogens with zero attached hydrogens (tertiary/aromatic N) is 3. The van der Waals surface area contributed by atoms with Crippen molar-refractivity contribution in [3.8, 4) is 11.5 Å². The SMILES string of the molecule is CN(CC(C)(C)OC(C)(C)CN(N)/C=C(\N)C(C)(C)OC(C)(C)CN1C(=O)C=CC1=O)C(=O)c1ccc(O[C@H]2C[C@@H](O)C[C@@H](C(=O)O)O2)c(O[SH](=O)=O)c1. The van der Waals surface area contributed by atoms with Crippen LogP contribution in [0.1, 0.15) is 78.6 Å². The van der Waals surface area contributed by atoms with E-state index >= 15 is 0 Å². The second kappa shape index (κ2) is 17.0. The zero-order chi connectivity index (χ0) is 41.0. The molecular formula is C35H53N5O13S. The Hall–Kier alpha value is -4.27. The van der Waals surface area contributed by atoms with Gasteiger partial charge in [0.2, 0.25) is 6.29 Å². The molecule has 0 spiro atoms. The number of benzene rings is 1. The van der Waals surface area contributed by atoms with Crippen molar-refractivity contribution in [2.75, 3.05) is 26.7 Å². The summed E-state index contributed by atoms with van der Waals surface area (Å²) in [7, 11) is -1.89. The third-order valence-electron chi connectivity index (χ3n) is 8.22. The van der Waals surface area contributed by atoms with E-state index in [1.165, 1.54) is 53.5 Å². The molecule has 2 aliphatic rings. The maximum Gasteiger partial charge on any atom is 0.333 e. The summed E-state index contributed by atoms with van der Waals surface area (Å²) >= 11 is 0. The zero-order valence-electron chi connectivity index (χ0n) is 32.1. The number of aliphatic hydroxyl groups excluding tert-OH is 1. The van der Waals surface area contributed by atoms with E-state index in [-0.39, 0.29) is 55.2 Å². The third kappa shape index (κ3) is 12.7. The van der Waals surface area contributed by atoms with Gasteiger partial charge in [-0.25, -0.2) is 10.6 Å². The van der Waals surface area contributed by atoms with Crippen LogP contribution < -0.4 is 20.5 Å². The van der Waals surface area contributed by atoms with Gasteiger partial charge in [-0.3, -0.25) is 19.3 Å². The summed E-state index contributed by atoms with van der Waals surface area (Å²) in [5, 5.41) is 20.7. The molecular weight excluding hydrogens is 730 g/mol. The van der Waals surface area contributed by atoms with E-state index in [1.807, 2.05) is 13.8 Å². The highest BCUT2D eigenvalue weighted by molar-refractivity contribution is 7.67. The lowest BCUT2D eigenvalue weighted by Crippen LogP contribution is -2.51. The van der Waals surface area contributed by atoms with Crippen molar-refractivity contribution in [3.05, 3.63) is 47.8 Å². The molecule has 2 heterocycles. The number of thiol groups is 1. The first-order valence-electron chi connectivity index (χ1n) is 17.1. The number of aliphatic carboxylic acids is 1. The number of aliphatic hydroxyl groups is 1. The number of carboxylic acid groups (broad SMARTS) is 1. The lowest BCUT2D eigenvalue weighted by atomic mass is 10.0. The highest BCUT2D eigenvalue weighted by Crippen LogP contribution is 2.33. The number of carboxylic acids is 1. The maximum absolute atomic E-state index is 13.5. The Morgan fingerprint density at radius 1 is 0.963 bits per heavy atom. The van der Waals surface area contributed by atoms with Crippen LogP contribution in [0.15, 0.2) is 42.2 Å². The summed E-state index contributed by atoms with van der Waals surface area (Å²) in [5.41, 5.74) is 2.92. The lowest BCUT2D eigenvalue weighted by Gasteiger charge is -2.40. The fourth-order valence-corrected chi connectivity index (χ4v) is 6.67. The fourth-order valence-electron chi connectivity index (χ4n) is 6.37. The molecule has 0 bridgehead atoms. The van der Waals surface area contributed by atoms with Crippen molar-refractivity contribution in [2.24, 2.45) is 11.6 Å². The number of hydrazine groups is 1. The number of hydrogen-bond donors (Lipinski definition) is 5. The van der Waals surface area contributed by atoms with Gasteiger partial charge in [0.05, 0.1) is 41.7 Å². The second-order valence-corrected chi connectivity index (χ2v) is 16.2. The first-order valence-corrected chi connectivity index (χ1v) is 18.2. The van der Waals surface area contributed by atoms with Gasteiger partial charge in [0.15, 0.2) is 17.6 Å². The largest absolute Gasteiger partial charge is 0.479 e. The van der Waals surface area contributed by atoms with Gasteiger partial charge in [0.1, 0.15) is 5.60 Å². The molecule has 3 rings (SSSR count). The molecule has 19 heteroatoms. The van der Waals surface area contributed by atoms with Gasteiger partial charge < -0.3 is 49.0 Å². The number of likely N-dealkylation sites (N-methyl/N-ethyl adjacent to an activating group) is 1. The number of amides is 3. The predicted octanol–water partition coefficient (Wildman–Crippen LogP) is 1.04. The molecule has 6 N–H and O–H groups in total. The molecule has 2 aliphatic heterocycles. The standard InChI is InChI=1S/C35H53N5O13S/c1-32(2,52-33(3,4)19-39(37)17-26(36)35(7,8)53-34(5,6)20-40-27(42)12-13-28(40)43)18-38(9)30(44)21-10-11-23(24(14-21)51-54(47)48)49-29-16-22(41)15-25(50-29)31(45)46/h10-14,17,22,25,29,41,54H,15-16,18-20,36-37H2,1-9H3,(H,45,46)/b26-17-/t22-,25-,29+/m0/s1. The topological polar surface area (TPSA) is 251 Å². The van der Waals surface area contributed by atoms with Crippen molar-refractivity contribution in [2.45, 2.75) is 109 Å². The van der Waals surface area contributed by atoms with Gasteiger partial charge >= 0.3 is 5.97 Å². The van der Waals surface area contributed by atoms with E-state index in [1.54, 1.807) is 41.5 Å². The van der Waals surface area contributed by atoms with Gasteiger partial charge in [-0.2, -0.15) is 8.42 Å². The van der Waals surface area contributed by atoms with Gasteiger partial charge in [-0.05, 0) is 73.6 Å². The van der Waals surface area contributed by atoms with E-state index in [0.29, 0.717) is 0 Å². The van der Waals surface area contributed by atoms with Crippen LogP contribution >= 0.6 is 0 Å². The number of imide groups is 1. The molecule has 1 saturated heterocycles. The van der Waals surface area contributed by atoms with Gasteiger partial charge in [-0.1, -0.05) is 0 Å². The van der Waals surface area contributed by atoms with E-state index in [0.717, 1.165) is 4.90 Å². The molecule has 0 unspecified atom stereocenters. The lowest BCUT2D eigenvalue weighted by molar-refractivity contribution is -0.195. The van der Waals surface area contributed by atoms with Crippen LogP contribution in [0.5, 0.6) is 11.5 Å². The number of ether oxygens (including phenoxy) is 4. The Balaban J connectivity index is 1.64. The van der Waals surface area contributed by atoms with Crippen LogP contribution in [0, 0.1) is 0 Å². The molecule has 3 amide bonds. The Kier molecular flexibility index (Phi) is 13.9. The van der Waals surface area contributed by atoms with Gasteiger partial charge in [-0.15, -0.1) is 0 Å². The molecule has 18 nitrogen and oxygen atoms in total. The van der Waals surface area contributed by atoms with Crippen molar-refractivity contribution < 1.29 is 60.9 Å². The number of rotatable bonds is 18. The molecule has 1 fully saturated rings. The van der Waals surface area contributed by atoms with Gasteiger partial charge in [0.25, 0.3) is 28.7 Å². The molecule has 0 radical (unpaired) electrons. The molecule has 0 aromatic heterocycles. The monoisotopic (exact) mass is 783 g/mol. The summed E-state index contributed by atoms with van der Waals surface area (Å²) in [6, 6.07) is 3.83. The minimum atomic E-state index is -3.43. The molecule has 302 valence electrons. The predicted molar refractivity (Wildman–Crippen MR) is 194 cm³/mol. The van der Waals surface area contributed by atoms with Crippen molar-refractivity contribution in [1.29, 1.82) is 0 Å². The van der Waals surface area contributed by atoms with E-state index in [9.17, 15) is 37.8 Å². The molecule has 0 aliphatic carbocycles. The summed E-state index contributed by atoms with van der Waals surface area (Å²) in [4.78, 5) is 51.5. The molecule has 1 aromatic rings. The summed E-state index contributed by atoms with van der Waals surface area (Å²) in [5.74, 6) is 3.23. The number of hydrogen-bond acceptors (Lipinski definition) is 15. The van der Waals surface area contributed by atoms with Crippen LogP contribution in [0.25, 0.3) is 0 Å². The maximum atomic E-state index is 13.5. The number of carbonyl (C=O) groups excluding carboxylic acids is 3. The molecule has 1 aromatic carbocycles. The van der Waals surface area contributed by atoms with Crippen molar-refractivity contribution >= 4 is 34.7 Å². The molecule has 54 heavy (non-hydrogen) atoms. The van der Waals surface area contributed by atoms with E-state index in [2.05, 4.69) is 0 Å². The normalized spacial score (nSPS) is 20.0. The first kappa shape index (κ1) is 44.1. The van der Waals surface area contributed by atoms with Crippen LogP contribution in [0.3, 0.4) is 0 Å². The van der Waals surface area contributed by atoms with Crippen molar-refractivity contribution in [3.63, 3.8) is 0 Å². The number of carbonyl (C=O) groups is 4. The first-order chi connectivity index (χ1) is 24.7. The fraction of sp³-hybridized carbons (Fsp3) is 0.600. The zero-order valence-corrected chi connectivity index (χ0v) is 33.0. The quantitative estimate of drug-likeness (QED) is 0.0604. The van der Waals surface area contributed by atoms with E-state index < -0.39 is 75.6 Å². The van der Waals surface area contributed by atoms with Crippen LogP contribution in [0.4, 0.5) is 0 Å². The average molecular weight is 784 g/mol. The second-order valence-electron chi connectivity index (χ2n) is 15.6. The summed E-state index contributed by atoms with van der Waals surface area (Å²) in [6.45, 7) is 14.4. The smallest absolute Gasteiger partial charge is 0.333 e. The Bertz CT molecular complexity index is 1700. The number of nitrogens with two attached hydrogens (primary N) is 2. The molecule has 3 atom stereocenters. The molecule has 0 saturated carbocycles. The Morgan fingerprint density at radius 3 is 2.13 bits per heavy atom. The van der Waals surface area contributed by atoms with Crippen LogP contribution in [0.2, 0.25) is 0 Å². The Morgan fingerprint density at radius 2 is 1.56 bits per heavy atom. The third-order valence-corrected chi connectivity index (χ3v) is 8.56. The average Bonchev–Trinajstić information content (AvgIpc) is 3.30. The summed E-state index contributed by atoms with van der Waals surface area (Å²) < 4.78 is 51.6. The van der Waals surface area contributed by atoms with Crippen LogP contribution in [-0.4, -0.2) is 125 Å². The highest BCUT2D eigenvalue weighted by atomic mass is 32.2. The highest BCUT2D eigenvalue weighted by Gasteiger charge is 2.38. The minimum Gasteiger partial charge on any atom is -0.479 e.